The number of benzene rings is 2. The number of alkyl halides is 3. The Hall–Kier alpha value is -1.88. The first-order valence-electron chi connectivity index (χ1n) is 6.02. The number of carbonyl (C=O) groups is 1. The molecule has 0 amide bonds. The Bertz CT molecular complexity index is 658. The van der Waals surface area contributed by atoms with Crippen LogP contribution in [0.2, 0.25) is 0 Å². The highest BCUT2D eigenvalue weighted by Crippen LogP contribution is 2.27. The number of hydrogen-bond donors (Lipinski definition) is 0. The minimum atomic E-state index is -4.56. The molecule has 0 fully saturated rings. The van der Waals surface area contributed by atoms with Crippen molar-refractivity contribution in [1.29, 1.82) is 0 Å². The Labute approximate surface area is 128 Å². The van der Waals surface area contributed by atoms with Gasteiger partial charge in [-0.25, -0.2) is 0 Å². The first-order valence-corrected chi connectivity index (χ1v) is 6.81. The van der Waals surface area contributed by atoms with Crippen LogP contribution in [0.4, 0.5) is 13.2 Å². The second-order valence-electron chi connectivity index (χ2n) is 4.30. The third-order valence-electron chi connectivity index (χ3n) is 2.74. The highest BCUT2D eigenvalue weighted by molar-refractivity contribution is 9.10. The Kier molecular flexibility index (Phi) is 4.63. The number of hydrogen-bond acceptors (Lipinski definition) is 1. The van der Waals surface area contributed by atoms with Gasteiger partial charge in [-0.3, -0.25) is 4.79 Å². The van der Waals surface area contributed by atoms with E-state index in [9.17, 15) is 18.0 Å². The van der Waals surface area contributed by atoms with Crippen molar-refractivity contribution in [2.45, 2.75) is 6.18 Å². The van der Waals surface area contributed by atoms with Crippen LogP contribution < -0.4 is 0 Å². The maximum Gasteiger partial charge on any atom is 0.410 e. The number of rotatable bonds is 3. The largest absolute Gasteiger partial charge is 0.410 e. The summed E-state index contributed by atoms with van der Waals surface area (Å²) in [7, 11) is 0. The number of ketones is 1. The zero-order valence-corrected chi connectivity index (χ0v) is 12.3. The van der Waals surface area contributed by atoms with E-state index >= 15 is 0 Å². The minimum absolute atomic E-state index is 0.0472. The highest BCUT2D eigenvalue weighted by atomic mass is 79.9. The highest BCUT2D eigenvalue weighted by Gasteiger charge is 2.28. The van der Waals surface area contributed by atoms with Crippen LogP contribution in [0.25, 0.3) is 5.57 Å². The molecular weight excluding hydrogens is 345 g/mol. The van der Waals surface area contributed by atoms with E-state index in [2.05, 4.69) is 15.9 Å². The molecule has 2 aromatic carbocycles. The average Bonchev–Trinajstić information content (AvgIpc) is 2.45. The van der Waals surface area contributed by atoms with Gasteiger partial charge in [-0.15, -0.1) is 0 Å². The van der Waals surface area contributed by atoms with Crippen LogP contribution in [0.1, 0.15) is 15.9 Å². The van der Waals surface area contributed by atoms with Gasteiger partial charge in [0, 0.05) is 21.7 Å². The Morgan fingerprint density at radius 2 is 1.48 bits per heavy atom. The van der Waals surface area contributed by atoms with Gasteiger partial charge in [0.15, 0.2) is 5.78 Å². The van der Waals surface area contributed by atoms with Crippen LogP contribution in [-0.2, 0) is 0 Å². The SMILES string of the molecule is O=C(/C(=C\C(F)(F)F)c1ccc(Br)cc1)c1ccccc1. The van der Waals surface area contributed by atoms with E-state index in [4.69, 9.17) is 0 Å². The molecule has 0 N–H and O–H groups in total. The van der Waals surface area contributed by atoms with Gasteiger partial charge in [-0.2, -0.15) is 13.2 Å². The first-order chi connectivity index (χ1) is 9.87. The van der Waals surface area contributed by atoms with Crippen molar-refractivity contribution in [2.75, 3.05) is 0 Å². The third-order valence-corrected chi connectivity index (χ3v) is 3.27. The van der Waals surface area contributed by atoms with Gasteiger partial charge >= 0.3 is 6.18 Å². The predicted molar refractivity (Wildman–Crippen MR) is 78.9 cm³/mol. The summed E-state index contributed by atoms with van der Waals surface area (Å²) in [6.45, 7) is 0. The lowest BCUT2D eigenvalue weighted by Crippen LogP contribution is -2.09. The molecule has 2 aromatic rings. The summed E-state index contributed by atoms with van der Waals surface area (Å²) >= 11 is 3.21. The lowest BCUT2D eigenvalue weighted by Gasteiger charge is -2.09. The summed E-state index contributed by atoms with van der Waals surface area (Å²) < 4.78 is 38.9. The molecule has 0 atom stereocenters. The maximum absolute atomic E-state index is 12.7. The molecule has 0 aliphatic heterocycles. The lowest BCUT2D eigenvalue weighted by molar-refractivity contribution is -0.0793. The van der Waals surface area contributed by atoms with Crippen LogP contribution >= 0.6 is 15.9 Å². The molecule has 0 aromatic heterocycles. The third kappa shape index (κ3) is 4.29. The van der Waals surface area contributed by atoms with E-state index in [0.29, 0.717) is 0 Å². The normalized spacial score (nSPS) is 12.3. The molecule has 1 nitrogen and oxygen atoms in total. The average molecular weight is 355 g/mol. The lowest BCUT2D eigenvalue weighted by atomic mass is 9.96. The van der Waals surface area contributed by atoms with E-state index in [-0.39, 0.29) is 22.8 Å². The molecule has 0 unspecified atom stereocenters. The molecular formula is C16H10BrF3O. The zero-order valence-electron chi connectivity index (χ0n) is 10.7. The van der Waals surface area contributed by atoms with E-state index in [1.165, 1.54) is 24.3 Å². The predicted octanol–water partition coefficient (Wildman–Crippen LogP) is 5.28. The molecule has 21 heavy (non-hydrogen) atoms. The molecule has 5 heteroatoms. The van der Waals surface area contributed by atoms with Crippen molar-refractivity contribution >= 4 is 27.3 Å². The molecule has 2 rings (SSSR count). The smallest absolute Gasteiger partial charge is 0.289 e. The molecule has 0 heterocycles. The Balaban J connectivity index is 2.50. The fraction of sp³-hybridized carbons (Fsp3) is 0.0625. The van der Waals surface area contributed by atoms with Gasteiger partial charge in [0.05, 0.1) is 0 Å². The van der Waals surface area contributed by atoms with E-state index in [0.717, 1.165) is 4.47 Å². The van der Waals surface area contributed by atoms with Crippen molar-refractivity contribution in [1.82, 2.24) is 0 Å². The van der Waals surface area contributed by atoms with Gasteiger partial charge in [-0.05, 0) is 17.7 Å². The van der Waals surface area contributed by atoms with Crippen LogP contribution in [0, 0.1) is 0 Å². The molecule has 0 radical (unpaired) electrons. The first kappa shape index (κ1) is 15.5. The topological polar surface area (TPSA) is 17.1 Å². The molecule has 0 saturated carbocycles. The monoisotopic (exact) mass is 354 g/mol. The maximum atomic E-state index is 12.7. The molecule has 0 aliphatic carbocycles. The van der Waals surface area contributed by atoms with Crippen molar-refractivity contribution in [3.63, 3.8) is 0 Å². The second-order valence-corrected chi connectivity index (χ2v) is 5.22. The molecule has 108 valence electrons. The second kappa shape index (κ2) is 6.26. The molecule has 0 bridgehead atoms. The van der Waals surface area contributed by atoms with E-state index in [1.54, 1.807) is 30.3 Å². The quantitative estimate of drug-likeness (QED) is 0.541. The Morgan fingerprint density at radius 1 is 0.905 bits per heavy atom. The number of carbonyl (C=O) groups excluding carboxylic acids is 1. The van der Waals surface area contributed by atoms with Crippen molar-refractivity contribution in [3.8, 4) is 0 Å². The van der Waals surface area contributed by atoms with Gasteiger partial charge in [0.2, 0.25) is 0 Å². The van der Waals surface area contributed by atoms with Crippen LogP contribution in [-0.4, -0.2) is 12.0 Å². The standard InChI is InChI=1S/C16H10BrF3O/c17-13-8-6-11(7-9-13)14(10-16(18,19)20)15(21)12-4-2-1-3-5-12/h1-10H/b14-10-. The van der Waals surface area contributed by atoms with E-state index in [1.807, 2.05) is 0 Å². The summed E-state index contributed by atoms with van der Waals surface area (Å²) in [5.74, 6) is -0.657. The minimum Gasteiger partial charge on any atom is -0.289 e. The van der Waals surface area contributed by atoms with Crippen LogP contribution in [0.5, 0.6) is 0 Å². The number of allylic oxidation sites excluding steroid dienone is 2. The summed E-state index contributed by atoms with van der Waals surface area (Å²) in [4.78, 5) is 12.3. The zero-order chi connectivity index (χ0) is 15.5. The number of Topliss-reactive ketones (excluding diaryl/α,β-unsaturated/α-hetero) is 1. The number of halogens is 4. The van der Waals surface area contributed by atoms with Gasteiger partial charge in [0.25, 0.3) is 0 Å². The fourth-order valence-corrected chi connectivity index (χ4v) is 2.08. The van der Waals surface area contributed by atoms with Gasteiger partial charge in [0.1, 0.15) is 0 Å². The summed E-state index contributed by atoms with van der Waals surface area (Å²) in [5, 5.41) is 0. The van der Waals surface area contributed by atoms with Crippen LogP contribution in [0.3, 0.4) is 0 Å². The van der Waals surface area contributed by atoms with E-state index < -0.39 is 12.0 Å². The summed E-state index contributed by atoms with van der Waals surface area (Å²) in [5.41, 5.74) is 0.0708. The molecule has 0 saturated heterocycles. The molecule has 0 aliphatic rings. The summed E-state index contributed by atoms with van der Waals surface area (Å²) in [6.07, 6.45) is -4.52. The van der Waals surface area contributed by atoms with Crippen molar-refractivity contribution in [2.24, 2.45) is 0 Å². The van der Waals surface area contributed by atoms with Crippen molar-refractivity contribution in [3.05, 3.63) is 76.3 Å². The fourth-order valence-electron chi connectivity index (χ4n) is 1.82. The van der Waals surface area contributed by atoms with Gasteiger partial charge < -0.3 is 0 Å². The Morgan fingerprint density at radius 3 is 2.00 bits per heavy atom. The molecule has 0 spiro atoms. The summed E-state index contributed by atoms with van der Waals surface area (Å²) in [6, 6.07) is 14.0. The van der Waals surface area contributed by atoms with Crippen LogP contribution in [0.15, 0.2) is 65.1 Å². The van der Waals surface area contributed by atoms with Crippen molar-refractivity contribution < 1.29 is 18.0 Å². The van der Waals surface area contributed by atoms with Gasteiger partial charge in [-0.1, -0.05) is 58.4 Å².